The average Bonchev–Trinajstić information content (AvgIpc) is 2.93. The summed E-state index contributed by atoms with van der Waals surface area (Å²) in [6.07, 6.45) is 3.39. The minimum Gasteiger partial charge on any atom is -0.309 e. The van der Waals surface area contributed by atoms with Crippen LogP contribution in [0.4, 0.5) is 0 Å². The molecule has 1 N–H and O–H groups in total. The van der Waals surface area contributed by atoms with Gasteiger partial charge in [0.05, 0.1) is 0 Å². The van der Waals surface area contributed by atoms with Crippen LogP contribution in [-0.4, -0.2) is 6.54 Å². The van der Waals surface area contributed by atoms with Gasteiger partial charge in [-0.25, -0.2) is 0 Å². The molecule has 1 nitrogen and oxygen atoms in total. The van der Waals surface area contributed by atoms with E-state index >= 15 is 0 Å². The Kier molecular flexibility index (Phi) is 5.62. The van der Waals surface area contributed by atoms with Crippen LogP contribution in [0.25, 0.3) is 0 Å². The zero-order valence-corrected chi connectivity index (χ0v) is 12.7. The van der Waals surface area contributed by atoms with Crippen LogP contribution < -0.4 is 5.32 Å². The van der Waals surface area contributed by atoms with Gasteiger partial charge in [-0.15, -0.1) is 11.3 Å². The van der Waals surface area contributed by atoms with Crippen molar-refractivity contribution in [1.82, 2.24) is 5.32 Å². The van der Waals surface area contributed by atoms with Crippen molar-refractivity contribution in [2.45, 2.75) is 39.2 Å². The van der Waals surface area contributed by atoms with Crippen LogP contribution in [-0.2, 0) is 12.8 Å². The van der Waals surface area contributed by atoms with E-state index in [0.717, 1.165) is 19.4 Å². The van der Waals surface area contributed by atoms with Gasteiger partial charge < -0.3 is 5.32 Å². The lowest BCUT2D eigenvalue weighted by Crippen LogP contribution is -2.23. The number of rotatable bonds is 7. The van der Waals surface area contributed by atoms with E-state index in [4.69, 9.17) is 0 Å². The van der Waals surface area contributed by atoms with Crippen molar-refractivity contribution in [2.24, 2.45) is 0 Å². The summed E-state index contributed by atoms with van der Waals surface area (Å²) in [5, 5.41) is 3.68. The predicted octanol–water partition coefficient (Wildman–Crippen LogP) is 4.59. The molecule has 1 aromatic heterocycles. The Morgan fingerprint density at radius 1 is 1.05 bits per heavy atom. The third kappa shape index (κ3) is 4.19. The highest BCUT2D eigenvalue weighted by molar-refractivity contribution is 7.12. The smallest absolute Gasteiger partial charge is 0.0455 e. The zero-order chi connectivity index (χ0) is 13.5. The van der Waals surface area contributed by atoms with Crippen LogP contribution in [0, 0.1) is 0 Å². The lowest BCUT2D eigenvalue weighted by molar-refractivity contribution is 0.536. The van der Waals surface area contributed by atoms with Crippen molar-refractivity contribution in [3.63, 3.8) is 0 Å². The molecule has 0 aliphatic carbocycles. The SMILES string of the molecule is CCCNC(Cc1ccccc1)c1ccc(CC)s1. The molecule has 0 aliphatic heterocycles. The van der Waals surface area contributed by atoms with Crippen molar-refractivity contribution in [2.75, 3.05) is 6.54 Å². The largest absolute Gasteiger partial charge is 0.309 e. The Labute approximate surface area is 120 Å². The van der Waals surface area contributed by atoms with Crippen LogP contribution in [0.1, 0.15) is 41.6 Å². The maximum absolute atomic E-state index is 3.68. The second kappa shape index (κ2) is 7.46. The highest BCUT2D eigenvalue weighted by Crippen LogP contribution is 2.26. The molecule has 1 atom stereocenters. The number of hydrogen-bond acceptors (Lipinski definition) is 2. The van der Waals surface area contributed by atoms with E-state index in [-0.39, 0.29) is 0 Å². The summed E-state index contributed by atoms with van der Waals surface area (Å²) >= 11 is 1.95. The first-order valence-electron chi connectivity index (χ1n) is 7.19. The van der Waals surface area contributed by atoms with Crippen LogP contribution in [0.3, 0.4) is 0 Å². The molecule has 0 spiro atoms. The monoisotopic (exact) mass is 273 g/mol. The molecule has 2 rings (SSSR count). The molecular weight excluding hydrogens is 250 g/mol. The molecule has 19 heavy (non-hydrogen) atoms. The first kappa shape index (κ1) is 14.3. The summed E-state index contributed by atoms with van der Waals surface area (Å²) in [7, 11) is 0. The maximum atomic E-state index is 3.68. The summed E-state index contributed by atoms with van der Waals surface area (Å²) in [5.41, 5.74) is 1.41. The lowest BCUT2D eigenvalue weighted by atomic mass is 10.0. The summed E-state index contributed by atoms with van der Waals surface area (Å²) < 4.78 is 0. The van der Waals surface area contributed by atoms with Crippen LogP contribution in [0.2, 0.25) is 0 Å². The van der Waals surface area contributed by atoms with Crippen LogP contribution >= 0.6 is 11.3 Å². The van der Waals surface area contributed by atoms with Gasteiger partial charge in [0.1, 0.15) is 0 Å². The van der Waals surface area contributed by atoms with Crippen molar-refractivity contribution >= 4 is 11.3 Å². The molecule has 0 radical (unpaired) electrons. The van der Waals surface area contributed by atoms with Crippen LogP contribution in [0.15, 0.2) is 42.5 Å². The first-order chi connectivity index (χ1) is 9.33. The zero-order valence-electron chi connectivity index (χ0n) is 11.9. The van der Waals surface area contributed by atoms with Gasteiger partial charge in [-0.1, -0.05) is 44.2 Å². The van der Waals surface area contributed by atoms with E-state index in [1.165, 1.54) is 21.7 Å². The molecule has 0 fully saturated rings. The Balaban J connectivity index is 2.11. The van der Waals surface area contributed by atoms with Crippen molar-refractivity contribution < 1.29 is 0 Å². The normalized spacial score (nSPS) is 12.5. The van der Waals surface area contributed by atoms with Gasteiger partial charge in [-0.2, -0.15) is 0 Å². The molecule has 0 bridgehead atoms. The third-order valence-electron chi connectivity index (χ3n) is 3.30. The van der Waals surface area contributed by atoms with Crippen molar-refractivity contribution in [1.29, 1.82) is 0 Å². The summed E-state index contributed by atoms with van der Waals surface area (Å²) in [6, 6.07) is 15.8. The molecule has 1 heterocycles. The van der Waals surface area contributed by atoms with Gasteiger partial charge >= 0.3 is 0 Å². The molecule has 0 saturated heterocycles. The Hall–Kier alpha value is -1.12. The second-order valence-electron chi connectivity index (χ2n) is 4.85. The summed E-state index contributed by atoms with van der Waals surface area (Å²) in [6.45, 7) is 5.52. The Morgan fingerprint density at radius 3 is 2.47 bits per heavy atom. The van der Waals surface area contributed by atoms with Crippen molar-refractivity contribution in [3.05, 3.63) is 57.8 Å². The molecule has 2 heteroatoms. The summed E-state index contributed by atoms with van der Waals surface area (Å²) in [5.74, 6) is 0. The van der Waals surface area contributed by atoms with E-state index in [1.54, 1.807) is 0 Å². The van der Waals surface area contributed by atoms with E-state index < -0.39 is 0 Å². The maximum Gasteiger partial charge on any atom is 0.0455 e. The van der Waals surface area contributed by atoms with Gasteiger partial charge in [0.2, 0.25) is 0 Å². The topological polar surface area (TPSA) is 12.0 Å². The third-order valence-corrected chi connectivity index (χ3v) is 4.64. The number of nitrogens with one attached hydrogen (secondary N) is 1. The second-order valence-corrected chi connectivity index (χ2v) is 6.05. The fourth-order valence-corrected chi connectivity index (χ4v) is 3.24. The van der Waals surface area contributed by atoms with Crippen LogP contribution in [0.5, 0.6) is 0 Å². The Morgan fingerprint density at radius 2 is 1.84 bits per heavy atom. The highest BCUT2D eigenvalue weighted by atomic mass is 32.1. The standard InChI is InChI=1S/C17H23NS/c1-3-12-18-16(13-14-8-6-5-7-9-14)17-11-10-15(4-2)19-17/h5-11,16,18H,3-4,12-13H2,1-2H3. The fraction of sp³-hybridized carbons (Fsp3) is 0.412. The highest BCUT2D eigenvalue weighted by Gasteiger charge is 2.13. The molecule has 2 aromatic rings. The molecule has 1 aromatic carbocycles. The molecule has 0 saturated carbocycles. The van der Waals surface area contributed by atoms with Crippen molar-refractivity contribution in [3.8, 4) is 0 Å². The van der Waals surface area contributed by atoms with Gasteiger partial charge in [-0.05, 0) is 43.5 Å². The van der Waals surface area contributed by atoms with E-state index in [1.807, 2.05) is 11.3 Å². The molecule has 0 aliphatic rings. The molecule has 0 amide bonds. The van der Waals surface area contributed by atoms with Gasteiger partial charge in [0.25, 0.3) is 0 Å². The van der Waals surface area contributed by atoms with Gasteiger partial charge in [0.15, 0.2) is 0 Å². The minimum absolute atomic E-state index is 0.452. The number of benzene rings is 1. The predicted molar refractivity (Wildman–Crippen MR) is 84.9 cm³/mol. The Bertz CT molecular complexity index is 475. The minimum atomic E-state index is 0.452. The number of aryl methyl sites for hydroxylation is 1. The van der Waals surface area contributed by atoms with Gasteiger partial charge in [-0.3, -0.25) is 0 Å². The van der Waals surface area contributed by atoms with E-state index in [9.17, 15) is 0 Å². The number of hydrogen-bond donors (Lipinski definition) is 1. The van der Waals surface area contributed by atoms with E-state index in [0.29, 0.717) is 6.04 Å². The lowest BCUT2D eigenvalue weighted by Gasteiger charge is -2.17. The quantitative estimate of drug-likeness (QED) is 0.777. The van der Waals surface area contributed by atoms with E-state index in [2.05, 4.69) is 61.6 Å². The average molecular weight is 273 g/mol. The fourth-order valence-electron chi connectivity index (χ4n) is 2.21. The molecule has 102 valence electrons. The molecule has 1 unspecified atom stereocenters. The molecular formula is C17H23NS. The van der Waals surface area contributed by atoms with Gasteiger partial charge in [0, 0.05) is 15.8 Å². The number of thiophene rings is 1. The first-order valence-corrected chi connectivity index (χ1v) is 8.01. The summed E-state index contributed by atoms with van der Waals surface area (Å²) in [4.78, 5) is 2.94.